The van der Waals surface area contributed by atoms with Gasteiger partial charge in [-0.3, -0.25) is 4.90 Å². The normalized spacial score (nSPS) is 16.2. The minimum atomic E-state index is -0.352. The van der Waals surface area contributed by atoms with Gasteiger partial charge >= 0.3 is 0 Å². The number of ether oxygens (including phenoxy) is 1. The monoisotopic (exact) mass is 438 g/mol. The summed E-state index contributed by atoms with van der Waals surface area (Å²) in [6.45, 7) is 9.51. The van der Waals surface area contributed by atoms with E-state index in [0.29, 0.717) is 11.4 Å². The van der Waals surface area contributed by atoms with Crippen molar-refractivity contribution in [1.29, 1.82) is 0 Å². The molecule has 1 aromatic heterocycles. The van der Waals surface area contributed by atoms with Crippen LogP contribution in [0.3, 0.4) is 0 Å². The smallest absolute Gasteiger partial charge is 0.173 e. The first-order valence-corrected chi connectivity index (χ1v) is 11.1. The number of hydrogen-bond acceptors (Lipinski definition) is 6. The van der Waals surface area contributed by atoms with Gasteiger partial charge < -0.3 is 9.64 Å². The number of hydrogen-bond donors (Lipinski definition) is 0. The molecule has 0 amide bonds. The van der Waals surface area contributed by atoms with Crippen molar-refractivity contribution in [2.45, 2.75) is 38.8 Å². The molecule has 0 bridgehead atoms. The maximum Gasteiger partial charge on any atom is 0.173 e. The third-order valence-electron chi connectivity index (χ3n) is 6.49. The fraction of sp³-hybridized carbons (Fsp3) is 0.458. The van der Waals surface area contributed by atoms with Gasteiger partial charge in [-0.2, -0.15) is 0 Å². The number of piperazine rings is 1. The quantitative estimate of drug-likeness (QED) is 0.558. The fourth-order valence-electron chi connectivity index (χ4n) is 4.17. The van der Waals surface area contributed by atoms with Crippen molar-refractivity contribution in [3.05, 3.63) is 65.7 Å². The van der Waals surface area contributed by atoms with Crippen LogP contribution in [0.5, 0.6) is 5.75 Å². The van der Waals surface area contributed by atoms with Crippen molar-refractivity contribution in [2.24, 2.45) is 0 Å². The Labute approximate surface area is 188 Å². The summed E-state index contributed by atoms with van der Waals surface area (Å²) in [5.41, 5.74) is 1.49. The average molecular weight is 439 g/mol. The molecule has 4 rings (SSSR count). The molecule has 1 saturated heterocycles. The summed E-state index contributed by atoms with van der Waals surface area (Å²) >= 11 is 0. The molecule has 8 heteroatoms. The van der Waals surface area contributed by atoms with Crippen LogP contribution in [-0.4, -0.2) is 58.4 Å². The number of halogens is 1. The molecule has 1 aliphatic rings. The van der Waals surface area contributed by atoms with E-state index in [4.69, 9.17) is 4.74 Å². The van der Waals surface area contributed by atoms with Crippen LogP contribution in [-0.2, 0) is 5.54 Å². The topological polar surface area (TPSA) is 59.3 Å². The summed E-state index contributed by atoms with van der Waals surface area (Å²) < 4.78 is 22.1. The predicted molar refractivity (Wildman–Crippen MR) is 122 cm³/mol. The van der Waals surface area contributed by atoms with E-state index in [0.717, 1.165) is 44.0 Å². The lowest BCUT2D eigenvalue weighted by Gasteiger charge is -2.40. The molecular weight excluding hydrogens is 407 g/mol. The van der Waals surface area contributed by atoms with Crippen molar-refractivity contribution >= 4 is 5.69 Å². The van der Waals surface area contributed by atoms with E-state index in [2.05, 4.69) is 58.2 Å². The van der Waals surface area contributed by atoms with Gasteiger partial charge in [0.15, 0.2) is 5.82 Å². The lowest BCUT2D eigenvalue weighted by Crippen LogP contribution is -2.49. The Morgan fingerprint density at radius 1 is 1.03 bits per heavy atom. The van der Waals surface area contributed by atoms with Gasteiger partial charge in [0.1, 0.15) is 17.6 Å². The van der Waals surface area contributed by atoms with Crippen molar-refractivity contribution in [1.82, 2.24) is 25.1 Å². The maximum absolute atomic E-state index is 15.0. The van der Waals surface area contributed by atoms with Crippen LogP contribution in [0.4, 0.5) is 10.1 Å². The Hall–Kier alpha value is -3.00. The summed E-state index contributed by atoms with van der Waals surface area (Å²) in [5.74, 6) is 1.29. The third kappa shape index (κ3) is 4.32. The molecule has 0 aliphatic carbocycles. The molecule has 0 N–H and O–H groups in total. The maximum atomic E-state index is 15.0. The lowest BCUT2D eigenvalue weighted by molar-refractivity contribution is 0.184. The second kappa shape index (κ2) is 9.24. The van der Waals surface area contributed by atoms with Crippen LogP contribution in [0.2, 0.25) is 0 Å². The first-order valence-electron chi connectivity index (χ1n) is 11.1. The summed E-state index contributed by atoms with van der Waals surface area (Å²) in [7, 11) is 1.67. The standard InChI is InChI=1S/C24H31FN6O/c1-5-24(2,3)31-23(26-27-28-31)22(20-8-6-7-9-21(20)25)30-16-14-29(15-17-30)18-10-12-19(32-4)13-11-18/h6-13,22H,5,14-17H2,1-4H3/t22-/m1/s1. The summed E-state index contributed by atoms with van der Waals surface area (Å²) in [6, 6.07) is 14.7. The molecule has 0 spiro atoms. The third-order valence-corrected chi connectivity index (χ3v) is 6.49. The van der Waals surface area contributed by atoms with E-state index in [9.17, 15) is 4.39 Å². The predicted octanol–water partition coefficient (Wildman–Crippen LogP) is 3.88. The Morgan fingerprint density at radius 2 is 1.72 bits per heavy atom. The van der Waals surface area contributed by atoms with Crippen molar-refractivity contribution in [3.63, 3.8) is 0 Å². The highest BCUT2D eigenvalue weighted by molar-refractivity contribution is 5.49. The van der Waals surface area contributed by atoms with Gasteiger partial charge in [0.2, 0.25) is 0 Å². The van der Waals surface area contributed by atoms with Crippen LogP contribution in [0.15, 0.2) is 48.5 Å². The van der Waals surface area contributed by atoms with Crippen LogP contribution >= 0.6 is 0 Å². The Balaban J connectivity index is 1.63. The van der Waals surface area contributed by atoms with Gasteiger partial charge in [0, 0.05) is 37.4 Å². The lowest BCUT2D eigenvalue weighted by atomic mass is 9.98. The highest BCUT2D eigenvalue weighted by Crippen LogP contribution is 2.33. The Bertz CT molecular complexity index is 1030. The number of rotatable bonds is 7. The van der Waals surface area contributed by atoms with E-state index >= 15 is 0 Å². The minimum Gasteiger partial charge on any atom is -0.497 e. The number of tetrazole rings is 1. The summed E-state index contributed by atoms with van der Waals surface area (Å²) in [6.07, 6.45) is 0.861. The second-order valence-corrected chi connectivity index (χ2v) is 8.76. The highest BCUT2D eigenvalue weighted by Gasteiger charge is 2.35. The molecule has 0 unspecified atom stereocenters. The zero-order valence-electron chi connectivity index (χ0n) is 19.2. The molecule has 170 valence electrons. The summed E-state index contributed by atoms with van der Waals surface area (Å²) in [5, 5.41) is 12.7. The van der Waals surface area contributed by atoms with E-state index in [-0.39, 0.29) is 17.4 Å². The zero-order valence-corrected chi connectivity index (χ0v) is 19.2. The van der Waals surface area contributed by atoms with Crippen molar-refractivity contribution in [2.75, 3.05) is 38.2 Å². The number of aromatic nitrogens is 4. The SMILES string of the molecule is CCC(C)(C)n1nnnc1[C@@H](c1ccccc1F)N1CCN(c2ccc(OC)cc2)CC1. The van der Waals surface area contributed by atoms with Gasteiger partial charge in [0.05, 0.1) is 12.6 Å². The Morgan fingerprint density at radius 3 is 2.34 bits per heavy atom. The van der Waals surface area contributed by atoms with Crippen LogP contribution in [0.1, 0.15) is 44.6 Å². The molecule has 3 aromatic rings. The van der Waals surface area contributed by atoms with Crippen LogP contribution < -0.4 is 9.64 Å². The molecule has 32 heavy (non-hydrogen) atoms. The van der Waals surface area contributed by atoms with Crippen LogP contribution in [0.25, 0.3) is 0 Å². The number of methoxy groups -OCH3 is 1. The molecule has 1 fully saturated rings. The second-order valence-electron chi connectivity index (χ2n) is 8.76. The van der Waals surface area contributed by atoms with E-state index in [1.165, 1.54) is 6.07 Å². The van der Waals surface area contributed by atoms with E-state index in [1.807, 2.05) is 28.9 Å². The van der Waals surface area contributed by atoms with Crippen molar-refractivity contribution < 1.29 is 9.13 Å². The molecule has 0 radical (unpaired) electrons. The first-order chi connectivity index (χ1) is 15.4. The fourth-order valence-corrected chi connectivity index (χ4v) is 4.17. The van der Waals surface area contributed by atoms with E-state index < -0.39 is 0 Å². The molecule has 2 aromatic carbocycles. The van der Waals surface area contributed by atoms with Crippen LogP contribution in [0, 0.1) is 5.82 Å². The molecular formula is C24H31FN6O. The van der Waals surface area contributed by atoms with Gasteiger partial charge in [-0.15, -0.1) is 5.10 Å². The highest BCUT2D eigenvalue weighted by atomic mass is 19.1. The number of nitrogens with zero attached hydrogens (tertiary/aromatic N) is 6. The van der Waals surface area contributed by atoms with Gasteiger partial charge in [-0.05, 0) is 61.0 Å². The van der Waals surface area contributed by atoms with Crippen molar-refractivity contribution in [3.8, 4) is 5.75 Å². The van der Waals surface area contributed by atoms with Gasteiger partial charge in [-0.25, -0.2) is 9.07 Å². The minimum absolute atomic E-state index is 0.237. The number of anilines is 1. The molecule has 2 heterocycles. The van der Waals surface area contributed by atoms with E-state index in [1.54, 1.807) is 13.2 Å². The zero-order chi connectivity index (χ0) is 22.7. The first kappa shape index (κ1) is 22.2. The van der Waals surface area contributed by atoms with Gasteiger partial charge in [0.25, 0.3) is 0 Å². The van der Waals surface area contributed by atoms with Gasteiger partial charge in [-0.1, -0.05) is 25.1 Å². The largest absolute Gasteiger partial charge is 0.497 e. The molecule has 1 aliphatic heterocycles. The average Bonchev–Trinajstić information content (AvgIpc) is 3.31. The molecule has 0 saturated carbocycles. The number of benzene rings is 2. The molecule has 7 nitrogen and oxygen atoms in total. The molecule has 1 atom stereocenters. The Kier molecular flexibility index (Phi) is 6.41. The summed E-state index contributed by atoms with van der Waals surface area (Å²) in [4.78, 5) is 4.62.